The second kappa shape index (κ2) is 3.55. The molecule has 4 heteroatoms. The maximum atomic E-state index is 11.3. The molecule has 80 valence electrons. The smallest absolute Gasteiger partial charge is 0.408 e. The lowest BCUT2D eigenvalue weighted by atomic mass is 10.0. The summed E-state index contributed by atoms with van der Waals surface area (Å²) in [6.45, 7) is 2.63. The molecule has 2 N–H and O–H groups in total. The lowest BCUT2D eigenvalue weighted by Crippen LogP contribution is -2.09. The summed E-state index contributed by atoms with van der Waals surface area (Å²) in [7, 11) is 1.69. The van der Waals surface area contributed by atoms with Crippen molar-refractivity contribution in [1.82, 2.24) is 4.57 Å². The van der Waals surface area contributed by atoms with Gasteiger partial charge in [-0.25, -0.2) is 4.79 Å². The van der Waals surface area contributed by atoms with Crippen LogP contribution in [0.5, 0.6) is 0 Å². The second-order valence-electron chi connectivity index (χ2n) is 3.79. The predicted molar refractivity (Wildman–Crippen MR) is 58.9 cm³/mol. The summed E-state index contributed by atoms with van der Waals surface area (Å²) in [5.74, 6) is -0.0533. The molecule has 1 heterocycles. The predicted octanol–water partition coefficient (Wildman–Crippen LogP) is 1.19. The highest BCUT2D eigenvalue weighted by atomic mass is 16.4. The maximum Gasteiger partial charge on any atom is 0.419 e. The van der Waals surface area contributed by atoms with Crippen molar-refractivity contribution < 1.29 is 4.42 Å². The fraction of sp³-hybridized carbons (Fsp3) is 0.364. The first kappa shape index (κ1) is 9.98. The molecular weight excluding hydrogens is 192 g/mol. The lowest BCUT2D eigenvalue weighted by Gasteiger charge is -2.07. The van der Waals surface area contributed by atoms with Crippen LogP contribution in [-0.4, -0.2) is 11.1 Å². The van der Waals surface area contributed by atoms with Crippen LogP contribution in [0.2, 0.25) is 0 Å². The van der Waals surface area contributed by atoms with E-state index in [4.69, 9.17) is 10.2 Å². The zero-order valence-electron chi connectivity index (χ0n) is 8.86. The summed E-state index contributed by atoms with van der Waals surface area (Å²) in [6.07, 6.45) is 0. The van der Waals surface area contributed by atoms with Crippen LogP contribution in [0.25, 0.3) is 11.1 Å². The molecular formula is C11H14N2O2. The van der Waals surface area contributed by atoms with E-state index in [0.717, 1.165) is 11.1 Å². The van der Waals surface area contributed by atoms with Gasteiger partial charge in [0.2, 0.25) is 0 Å². The second-order valence-corrected chi connectivity index (χ2v) is 3.79. The summed E-state index contributed by atoms with van der Waals surface area (Å²) < 4.78 is 6.59. The molecule has 1 aromatic heterocycles. The van der Waals surface area contributed by atoms with E-state index in [1.807, 2.05) is 25.1 Å². The normalized spacial score (nSPS) is 13.3. The van der Waals surface area contributed by atoms with Crippen LogP contribution in [0.3, 0.4) is 0 Å². The molecule has 4 nitrogen and oxygen atoms in total. The average Bonchev–Trinajstić information content (AvgIpc) is 2.53. The largest absolute Gasteiger partial charge is 0.419 e. The number of hydrogen-bond donors (Lipinski definition) is 1. The molecule has 0 aliphatic rings. The van der Waals surface area contributed by atoms with Gasteiger partial charge in [0.25, 0.3) is 0 Å². The van der Waals surface area contributed by atoms with Gasteiger partial charge in [-0.3, -0.25) is 4.57 Å². The van der Waals surface area contributed by atoms with E-state index in [9.17, 15) is 4.79 Å². The van der Waals surface area contributed by atoms with Crippen molar-refractivity contribution in [3.05, 3.63) is 34.3 Å². The Morgan fingerprint density at radius 2 is 2.27 bits per heavy atom. The summed E-state index contributed by atoms with van der Waals surface area (Å²) in [5, 5.41) is 0. The number of nitrogens with zero attached hydrogens (tertiary/aromatic N) is 1. The van der Waals surface area contributed by atoms with Crippen LogP contribution in [-0.2, 0) is 7.05 Å². The molecule has 0 bridgehead atoms. The number of nitrogens with two attached hydrogens (primary N) is 1. The van der Waals surface area contributed by atoms with Gasteiger partial charge in [0, 0.05) is 7.05 Å². The number of oxazole rings is 1. The standard InChI is InChI=1S/C11H14N2O2/c1-7(6-12)8-3-4-9-10(5-8)15-11(14)13(9)2/h3-5,7H,6,12H2,1-2H3. The van der Waals surface area contributed by atoms with E-state index in [0.29, 0.717) is 12.1 Å². The van der Waals surface area contributed by atoms with E-state index in [1.165, 1.54) is 4.57 Å². The van der Waals surface area contributed by atoms with E-state index < -0.39 is 0 Å². The lowest BCUT2D eigenvalue weighted by molar-refractivity contribution is 0.527. The highest BCUT2D eigenvalue weighted by Crippen LogP contribution is 2.19. The fourth-order valence-electron chi connectivity index (χ4n) is 1.59. The molecule has 0 aliphatic heterocycles. The van der Waals surface area contributed by atoms with Crippen molar-refractivity contribution in [3.8, 4) is 0 Å². The minimum atomic E-state index is -0.331. The Kier molecular flexibility index (Phi) is 2.36. The molecule has 0 radical (unpaired) electrons. The minimum absolute atomic E-state index is 0.278. The Morgan fingerprint density at radius 3 is 2.93 bits per heavy atom. The van der Waals surface area contributed by atoms with Crippen molar-refractivity contribution in [1.29, 1.82) is 0 Å². The van der Waals surface area contributed by atoms with Gasteiger partial charge in [-0.05, 0) is 30.2 Å². The van der Waals surface area contributed by atoms with Gasteiger partial charge in [-0.2, -0.15) is 0 Å². The first-order valence-corrected chi connectivity index (χ1v) is 4.93. The van der Waals surface area contributed by atoms with Gasteiger partial charge in [0.15, 0.2) is 5.58 Å². The molecule has 15 heavy (non-hydrogen) atoms. The molecule has 2 rings (SSSR count). The topological polar surface area (TPSA) is 61.2 Å². The number of aromatic nitrogens is 1. The Bertz CT molecular complexity index is 539. The molecule has 0 saturated carbocycles. The van der Waals surface area contributed by atoms with Gasteiger partial charge in [0.1, 0.15) is 0 Å². The highest BCUT2D eigenvalue weighted by Gasteiger charge is 2.09. The molecule has 1 aromatic carbocycles. The number of hydrogen-bond acceptors (Lipinski definition) is 3. The van der Waals surface area contributed by atoms with Crippen LogP contribution >= 0.6 is 0 Å². The molecule has 0 aliphatic carbocycles. The molecule has 1 unspecified atom stereocenters. The van der Waals surface area contributed by atoms with Crippen LogP contribution in [0.4, 0.5) is 0 Å². The monoisotopic (exact) mass is 206 g/mol. The summed E-state index contributed by atoms with van der Waals surface area (Å²) in [5.41, 5.74) is 8.12. The first-order chi connectivity index (χ1) is 7.13. The van der Waals surface area contributed by atoms with E-state index >= 15 is 0 Å². The maximum absolute atomic E-state index is 11.3. The van der Waals surface area contributed by atoms with Crippen LogP contribution < -0.4 is 11.5 Å². The zero-order chi connectivity index (χ0) is 11.0. The third kappa shape index (κ3) is 1.57. The van der Waals surface area contributed by atoms with Gasteiger partial charge in [-0.15, -0.1) is 0 Å². The number of fused-ring (bicyclic) bond motifs is 1. The van der Waals surface area contributed by atoms with E-state index in [2.05, 4.69) is 0 Å². The van der Waals surface area contributed by atoms with Crippen LogP contribution in [0.1, 0.15) is 18.4 Å². The van der Waals surface area contributed by atoms with Gasteiger partial charge in [0.05, 0.1) is 5.52 Å². The molecule has 0 saturated heterocycles. The van der Waals surface area contributed by atoms with Gasteiger partial charge >= 0.3 is 5.76 Å². The number of benzene rings is 1. The molecule has 0 fully saturated rings. The molecule has 1 atom stereocenters. The number of aryl methyl sites for hydroxylation is 1. The van der Waals surface area contributed by atoms with Crippen LogP contribution in [0.15, 0.2) is 27.4 Å². The first-order valence-electron chi connectivity index (χ1n) is 4.93. The fourth-order valence-corrected chi connectivity index (χ4v) is 1.59. The Labute approximate surface area is 87.3 Å². The molecule has 2 aromatic rings. The quantitative estimate of drug-likeness (QED) is 0.803. The van der Waals surface area contributed by atoms with Crippen molar-refractivity contribution >= 4 is 11.1 Å². The van der Waals surface area contributed by atoms with Crippen LogP contribution in [0, 0.1) is 0 Å². The average molecular weight is 206 g/mol. The van der Waals surface area contributed by atoms with E-state index in [1.54, 1.807) is 7.05 Å². The molecule has 0 spiro atoms. The van der Waals surface area contributed by atoms with Gasteiger partial charge < -0.3 is 10.2 Å². The zero-order valence-corrected chi connectivity index (χ0v) is 8.86. The SMILES string of the molecule is CC(CN)c1ccc2c(c1)oc(=O)n2C. The Morgan fingerprint density at radius 1 is 1.53 bits per heavy atom. The summed E-state index contributed by atoms with van der Waals surface area (Å²) in [6, 6.07) is 5.75. The highest BCUT2D eigenvalue weighted by molar-refractivity contribution is 5.73. The third-order valence-electron chi connectivity index (χ3n) is 2.74. The minimum Gasteiger partial charge on any atom is -0.408 e. The van der Waals surface area contributed by atoms with Crippen molar-refractivity contribution in [3.63, 3.8) is 0 Å². The van der Waals surface area contributed by atoms with Crippen molar-refractivity contribution in [2.75, 3.05) is 6.54 Å². The summed E-state index contributed by atoms with van der Waals surface area (Å²) in [4.78, 5) is 11.3. The molecule has 0 amide bonds. The van der Waals surface area contributed by atoms with Crippen molar-refractivity contribution in [2.24, 2.45) is 12.8 Å². The van der Waals surface area contributed by atoms with E-state index in [-0.39, 0.29) is 11.7 Å². The third-order valence-corrected chi connectivity index (χ3v) is 2.74. The number of rotatable bonds is 2. The van der Waals surface area contributed by atoms with Crippen molar-refractivity contribution in [2.45, 2.75) is 12.8 Å². The Balaban J connectivity index is 2.62. The summed E-state index contributed by atoms with van der Waals surface area (Å²) >= 11 is 0. The Hall–Kier alpha value is -1.55. The van der Waals surface area contributed by atoms with Gasteiger partial charge in [-0.1, -0.05) is 13.0 Å².